The topological polar surface area (TPSA) is 35.6 Å². The molecule has 0 aromatic heterocycles. The lowest BCUT2D eigenvalue weighted by Crippen LogP contribution is -2.34. The van der Waals surface area contributed by atoms with E-state index in [9.17, 15) is 9.18 Å². The van der Waals surface area contributed by atoms with Gasteiger partial charge in [-0.05, 0) is 36.9 Å². The molecule has 0 unspecified atom stereocenters. The number of hydrogen-bond acceptors (Lipinski definition) is 3. The van der Waals surface area contributed by atoms with Gasteiger partial charge in [0.1, 0.15) is 5.82 Å². The Bertz CT molecular complexity index is 699. The third-order valence-corrected chi connectivity index (χ3v) is 4.20. The number of amides is 1. The molecule has 0 heterocycles. The highest BCUT2D eigenvalue weighted by Gasteiger charge is 2.12. The van der Waals surface area contributed by atoms with Crippen LogP contribution < -0.4 is 10.2 Å². The van der Waals surface area contributed by atoms with Crippen LogP contribution in [-0.2, 0) is 17.9 Å². The Balaban J connectivity index is 1.83. The summed E-state index contributed by atoms with van der Waals surface area (Å²) in [6.45, 7) is 0.901. The summed E-state index contributed by atoms with van der Waals surface area (Å²) in [5.74, 6) is -0.479. The van der Waals surface area contributed by atoms with Crippen molar-refractivity contribution in [2.45, 2.75) is 13.1 Å². The molecule has 25 heavy (non-hydrogen) atoms. The van der Waals surface area contributed by atoms with Crippen molar-refractivity contribution >= 4 is 23.2 Å². The maximum Gasteiger partial charge on any atom is 0.234 e. The monoisotopic (exact) mass is 363 g/mol. The number of nitrogens with zero attached hydrogens (tertiary/aromatic N) is 2. The highest BCUT2D eigenvalue weighted by Crippen LogP contribution is 2.20. The van der Waals surface area contributed by atoms with E-state index in [2.05, 4.69) is 5.32 Å². The van der Waals surface area contributed by atoms with Gasteiger partial charge in [-0.25, -0.2) is 4.39 Å². The van der Waals surface area contributed by atoms with Crippen molar-refractivity contribution in [3.63, 3.8) is 0 Å². The van der Waals surface area contributed by atoms with Gasteiger partial charge in [-0.15, -0.1) is 0 Å². The molecule has 0 atom stereocenters. The van der Waals surface area contributed by atoms with E-state index in [1.54, 1.807) is 24.1 Å². The summed E-state index contributed by atoms with van der Waals surface area (Å²) in [7, 11) is 5.72. The van der Waals surface area contributed by atoms with Gasteiger partial charge in [0.15, 0.2) is 0 Å². The average molecular weight is 364 g/mol. The first-order valence-corrected chi connectivity index (χ1v) is 8.39. The molecule has 0 aliphatic carbocycles. The van der Waals surface area contributed by atoms with Crippen molar-refractivity contribution in [3.8, 4) is 0 Å². The molecule has 2 aromatic rings. The number of hydrogen-bond donors (Lipinski definition) is 1. The van der Waals surface area contributed by atoms with Crippen LogP contribution in [0.5, 0.6) is 0 Å². The van der Waals surface area contributed by atoms with Crippen LogP contribution in [0.25, 0.3) is 0 Å². The minimum atomic E-state index is -0.360. The van der Waals surface area contributed by atoms with E-state index in [4.69, 9.17) is 11.6 Å². The largest absolute Gasteiger partial charge is 0.378 e. The van der Waals surface area contributed by atoms with Crippen molar-refractivity contribution in [3.05, 3.63) is 64.4 Å². The molecule has 0 saturated heterocycles. The van der Waals surface area contributed by atoms with Crippen molar-refractivity contribution < 1.29 is 9.18 Å². The first kappa shape index (κ1) is 19.2. The lowest BCUT2D eigenvalue weighted by atomic mass is 10.2. The molecule has 0 saturated carbocycles. The molecule has 0 aliphatic heterocycles. The average Bonchev–Trinajstić information content (AvgIpc) is 2.57. The predicted octanol–water partition coefficient (Wildman–Crippen LogP) is 3.29. The normalized spacial score (nSPS) is 10.8. The molecule has 134 valence electrons. The van der Waals surface area contributed by atoms with Crippen LogP contribution in [-0.4, -0.2) is 38.5 Å². The second-order valence-corrected chi connectivity index (χ2v) is 6.62. The Morgan fingerprint density at radius 3 is 2.40 bits per heavy atom. The molecule has 0 spiro atoms. The van der Waals surface area contributed by atoms with Crippen LogP contribution in [0, 0.1) is 5.82 Å². The van der Waals surface area contributed by atoms with Gasteiger partial charge < -0.3 is 10.2 Å². The minimum Gasteiger partial charge on any atom is -0.378 e. The summed E-state index contributed by atoms with van der Waals surface area (Å²) in [5.41, 5.74) is 2.54. The third kappa shape index (κ3) is 5.73. The number of likely N-dealkylation sites (N-methyl/N-ethyl adjacent to an activating group) is 1. The van der Waals surface area contributed by atoms with Gasteiger partial charge >= 0.3 is 0 Å². The lowest BCUT2D eigenvalue weighted by molar-refractivity contribution is -0.122. The van der Waals surface area contributed by atoms with E-state index >= 15 is 0 Å². The fourth-order valence-electron chi connectivity index (χ4n) is 2.42. The van der Waals surface area contributed by atoms with Gasteiger partial charge in [0.2, 0.25) is 5.91 Å². The summed E-state index contributed by atoms with van der Waals surface area (Å²) in [6, 6.07) is 12.6. The molecular weight excluding hydrogens is 341 g/mol. The second kappa shape index (κ2) is 8.83. The molecule has 0 bridgehead atoms. The van der Waals surface area contributed by atoms with Crippen molar-refractivity contribution in [2.24, 2.45) is 0 Å². The zero-order valence-electron chi connectivity index (χ0n) is 14.7. The SMILES string of the molecule is CN(CC(=O)NCc1ccc(N(C)C)cc1)Cc1c(F)cccc1Cl. The Hall–Kier alpha value is -2.11. The maximum atomic E-state index is 13.8. The second-order valence-electron chi connectivity index (χ2n) is 6.21. The number of anilines is 1. The van der Waals surface area contributed by atoms with Crippen molar-refractivity contribution in [1.82, 2.24) is 10.2 Å². The molecule has 2 aromatic carbocycles. The summed E-state index contributed by atoms with van der Waals surface area (Å²) in [4.78, 5) is 15.8. The highest BCUT2D eigenvalue weighted by molar-refractivity contribution is 6.31. The Labute approximate surface area is 153 Å². The van der Waals surface area contributed by atoms with Crippen LogP contribution in [0.2, 0.25) is 5.02 Å². The fourth-order valence-corrected chi connectivity index (χ4v) is 2.65. The summed E-state index contributed by atoms with van der Waals surface area (Å²) in [5, 5.41) is 3.24. The lowest BCUT2D eigenvalue weighted by Gasteiger charge is -2.18. The van der Waals surface area contributed by atoms with E-state index in [1.165, 1.54) is 6.07 Å². The van der Waals surface area contributed by atoms with Crippen LogP contribution in [0.15, 0.2) is 42.5 Å². The van der Waals surface area contributed by atoms with Crippen LogP contribution in [0.4, 0.5) is 10.1 Å². The zero-order valence-corrected chi connectivity index (χ0v) is 15.5. The molecule has 1 amide bonds. The predicted molar refractivity (Wildman–Crippen MR) is 100 cm³/mol. The quantitative estimate of drug-likeness (QED) is 0.820. The number of rotatable bonds is 7. The van der Waals surface area contributed by atoms with Crippen molar-refractivity contribution in [2.75, 3.05) is 32.6 Å². The van der Waals surface area contributed by atoms with Crippen LogP contribution in [0.1, 0.15) is 11.1 Å². The Kier molecular flexibility index (Phi) is 6.79. The van der Waals surface area contributed by atoms with Crippen molar-refractivity contribution in [1.29, 1.82) is 0 Å². The van der Waals surface area contributed by atoms with Gasteiger partial charge in [0, 0.05) is 43.5 Å². The summed E-state index contributed by atoms with van der Waals surface area (Å²) < 4.78 is 13.8. The number of benzene rings is 2. The van der Waals surface area contributed by atoms with E-state index in [0.717, 1.165) is 11.3 Å². The van der Waals surface area contributed by atoms with Gasteiger partial charge in [-0.1, -0.05) is 29.8 Å². The standard InChI is InChI=1S/C19H23ClFN3O/c1-23(2)15-9-7-14(8-10-15)11-22-19(25)13-24(3)12-16-17(20)5-4-6-18(16)21/h4-10H,11-13H2,1-3H3,(H,22,25). The molecule has 1 N–H and O–H groups in total. The number of carbonyl (C=O) groups excluding carboxylic acids is 1. The molecule has 0 aliphatic rings. The molecule has 6 heteroatoms. The van der Waals surface area contributed by atoms with E-state index in [1.807, 2.05) is 43.3 Å². The molecule has 2 rings (SSSR count). The van der Waals surface area contributed by atoms with E-state index < -0.39 is 0 Å². The van der Waals surface area contributed by atoms with Gasteiger partial charge in [0.05, 0.1) is 6.54 Å². The smallest absolute Gasteiger partial charge is 0.234 e. The van der Waals surface area contributed by atoms with Gasteiger partial charge in [0.25, 0.3) is 0 Å². The van der Waals surface area contributed by atoms with Crippen LogP contribution >= 0.6 is 11.6 Å². The minimum absolute atomic E-state index is 0.119. The Morgan fingerprint density at radius 2 is 1.80 bits per heavy atom. The van der Waals surface area contributed by atoms with Crippen LogP contribution in [0.3, 0.4) is 0 Å². The highest BCUT2D eigenvalue weighted by atomic mass is 35.5. The zero-order chi connectivity index (χ0) is 18.4. The van der Waals surface area contributed by atoms with E-state index in [-0.39, 0.29) is 24.8 Å². The number of nitrogens with one attached hydrogen (secondary N) is 1. The number of halogens is 2. The number of carbonyl (C=O) groups is 1. The molecule has 0 fully saturated rings. The maximum absolute atomic E-state index is 13.8. The third-order valence-electron chi connectivity index (χ3n) is 3.85. The molecular formula is C19H23ClFN3O. The van der Waals surface area contributed by atoms with E-state index in [0.29, 0.717) is 17.1 Å². The Morgan fingerprint density at radius 1 is 1.12 bits per heavy atom. The first-order chi connectivity index (χ1) is 11.9. The van der Waals surface area contributed by atoms with Gasteiger partial charge in [-0.2, -0.15) is 0 Å². The molecule has 0 radical (unpaired) electrons. The first-order valence-electron chi connectivity index (χ1n) is 8.01. The fraction of sp³-hybridized carbons (Fsp3) is 0.316. The molecule has 4 nitrogen and oxygen atoms in total. The van der Waals surface area contributed by atoms with Gasteiger partial charge in [-0.3, -0.25) is 9.69 Å². The summed E-state index contributed by atoms with van der Waals surface area (Å²) >= 11 is 6.02. The summed E-state index contributed by atoms with van der Waals surface area (Å²) in [6.07, 6.45) is 0.